The Hall–Kier alpha value is -1.38. The SMILES string of the molecule is CCc1nc2c(cc1C(=O)O)CCC2(C)C. The third-order valence-electron chi connectivity index (χ3n) is 3.41. The first-order valence-electron chi connectivity index (χ1n) is 5.72. The van der Waals surface area contributed by atoms with Crippen LogP contribution in [0.3, 0.4) is 0 Å². The summed E-state index contributed by atoms with van der Waals surface area (Å²) in [5.74, 6) is -0.864. The maximum atomic E-state index is 11.1. The van der Waals surface area contributed by atoms with Crippen LogP contribution in [0.1, 0.15) is 54.5 Å². The second-order valence-corrected chi connectivity index (χ2v) is 5.03. The molecule has 0 aromatic carbocycles. The lowest BCUT2D eigenvalue weighted by Crippen LogP contribution is -2.16. The lowest BCUT2D eigenvalue weighted by atomic mass is 9.90. The van der Waals surface area contributed by atoms with E-state index in [0.29, 0.717) is 17.7 Å². The summed E-state index contributed by atoms with van der Waals surface area (Å²) < 4.78 is 0. The number of hydrogen-bond acceptors (Lipinski definition) is 2. The van der Waals surface area contributed by atoms with Crippen molar-refractivity contribution in [2.24, 2.45) is 0 Å². The number of aryl methyl sites for hydroxylation is 2. The van der Waals surface area contributed by atoms with Crippen molar-refractivity contribution >= 4 is 5.97 Å². The summed E-state index contributed by atoms with van der Waals surface area (Å²) in [5, 5.41) is 9.12. The molecule has 0 saturated carbocycles. The summed E-state index contributed by atoms with van der Waals surface area (Å²) >= 11 is 0. The van der Waals surface area contributed by atoms with Gasteiger partial charge in [0.25, 0.3) is 0 Å². The van der Waals surface area contributed by atoms with Crippen LogP contribution in [0.2, 0.25) is 0 Å². The van der Waals surface area contributed by atoms with Crippen molar-refractivity contribution < 1.29 is 9.90 Å². The number of aromatic nitrogens is 1. The molecule has 0 saturated heterocycles. The second kappa shape index (κ2) is 3.58. The molecule has 0 bridgehead atoms. The van der Waals surface area contributed by atoms with Crippen LogP contribution in [-0.4, -0.2) is 16.1 Å². The van der Waals surface area contributed by atoms with Crippen molar-refractivity contribution in [3.8, 4) is 0 Å². The number of carboxylic acids is 1. The minimum absolute atomic E-state index is 0.0935. The molecule has 1 aromatic rings. The number of fused-ring (bicyclic) bond motifs is 1. The number of pyridine rings is 1. The predicted octanol–water partition coefficient (Wildman–Crippen LogP) is 2.57. The first-order valence-corrected chi connectivity index (χ1v) is 5.72. The van der Waals surface area contributed by atoms with Crippen LogP contribution in [0, 0.1) is 0 Å². The van der Waals surface area contributed by atoms with Gasteiger partial charge in [0.2, 0.25) is 0 Å². The molecule has 1 heterocycles. The molecule has 86 valence electrons. The molecule has 0 spiro atoms. The van der Waals surface area contributed by atoms with Gasteiger partial charge in [0, 0.05) is 11.1 Å². The largest absolute Gasteiger partial charge is 0.478 e. The summed E-state index contributed by atoms with van der Waals surface area (Å²) in [5.41, 5.74) is 3.38. The van der Waals surface area contributed by atoms with E-state index in [-0.39, 0.29) is 5.41 Å². The van der Waals surface area contributed by atoms with E-state index in [9.17, 15) is 4.79 Å². The topological polar surface area (TPSA) is 50.2 Å². The van der Waals surface area contributed by atoms with Crippen LogP contribution in [0.25, 0.3) is 0 Å². The molecule has 0 fully saturated rings. The van der Waals surface area contributed by atoms with Gasteiger partial charge >= 0.3 is 5.97 Å². The lowest BCUT2D eigenvalue weighted by Gasteiger charge is -2.18. The van der Waals surface area contributed by atoms with Crippen LogP contribution in [-0.2, 0) is 18.3 Å². The van der Waals surface area contributed by atoms with E-state index in [1.54, 1.807) is 0 Å². The first kappa shape index (κ1) is 11.1. The molecule has 1 N–H and O–H groups in total. The molecule has 2 rings (SSSR count). The lowest BCUT2D eigenvalue weighted by molar-refractivity contribution is 0.0695. The monoisotopic (exact) mass is 219 g/mol. The summed E-state index contributed by atoms with van der Waals surface area (Å²) in [4.78, 5) is 15.7. The molecule has 1 aromatic heterocycles. The molecular weight excluding hydrogens is 202 g/mol. The quantitative estimate of drug-likeness (QED) is 0.831. The Labute approximate surface area is 95.5 Å². The Morgan fingerprint density at radius 2 is 2.25 bits per heavy atom. The Bertz CT molecular complexity index is 449. The summed E-state index contributed by atoms with van der Waals surface area (Å²) in [6, 6.07) is 1.82. The molecule has 0 atom stereocenters. The molecule has 0 radical (unpaired) electrons. The fourth-order valence-electron chi connectivity index (χ4n) is 2.39. The fraction of sp³-hybridized carbons (Fsp3) is 0.538. The van der Waals surface area contributed by atoms with Crippen molar-refractivity contribution in [3.63, 3.8) is 0 Å². The van der Waals surface area contributed by atoms with E-state index in [0.717, 1.165) is 24.1 Å². The van der Waals surface area contributed by atoms with Crippen LogP contribution in [0.4, 0.5) is 0 Å². The van der Waals surface area contributed by atoms with Crippen LogP contribution >= 0.6 is 0 Å². The minimum atomic E-state index is -0.864. The van der Waals surface area contributed by atoms with Crippen molar-refractivity contribution in [1.82, 2.24) is 4.98 Å². The number of carboxylic acid groups (broad SMARTS) is 1. The van der Waals surface area contributed by atoms with Gasteiger partial charge in [-0.3, -0.25) is 4.98 Å². The van der Waals surface area contributed by atoms with E-state index in [4.69, 9.17) is 5.11 Å². The number of rotatable bonds is 2. The number of carbonyl (C=O) groups is 1. The number of hydrogen-bond donors (Lipinski definition) is 1. The summed E-state index contributed by atoms with van der Waals surface area (Å²) in [7, 11) is 0. The zero-order valence-electron chi connectivity index (χ0n) is 10.0. The van der Waals surface area contributed by atoms with E-state index < -0.39 is 5.97 Å². The Morgan fingerprint density at radius 3 is 2.81 bits per heavy atom. The third-order valence-corrected chi connectivity index (χ3v) is 3.41. The van der Waals surface area contributed by atoms with Crippen molar-refractivity contribution in [3.05, 3.63) is 28.6 Å². The van der Waals surface area contributed by atoms with Gasteiger partial charge in [0.05, 0.1) is 11.3 Å². The van der Waals surface area contributed by atoms with Gasteiger partial charge in [-0.2, -0.15) is 0 Å². The number of aromatic carboxylic acids is 1. The highest BCUT2D eigenvalue weighted by atomic mass is 16.4. The summed E-state index contributed by atoms with van der Waals surface area (Å²) in [6.07, 6.45) is 2.67. The normalized spacial score (nSPS) is 17.2. The smallest absolute Gasteiger partial charge is 0.337 e. The van der Waals surface area contributed by atoms with Crippen LogP contribution < -0.4 is 0 Å². The maximum absolute atomic E-state index is 11.1. The van der Waals surface area contributed by atoms with Gasteiger partial charge in [-0.1, -0.05) is 20.8 Å². The van der Waals surface area contributed by atoms with Crippen LogP contribution in [0.15, 0.2) is 6.07 Å². The fourth-order valence-corrected chi connectivity index (χ4v) is 2.39. The van der Waals surface area contributed by atoms with Crippen molar-refractivity contribution in [2.75, 3.05) is 0 Å². The van der Waals surface area contributed by atoms with E-state index in [1.807, 2.05) is 13.0 Å². The Kier molecular flexibility index (Phi) is 2.49. The standard InChI is InChI=1S/C13H17NO2/c1-4-10-9(12(15)16)7-8-5-6-13(2,3)11(8)14-10/h7H,4-6H2,1-3H3,(H,15,16). The molecule has 0 unspecified atom stereocenters. The first-order chi connectivity index (χ1) is 7.45. The van der Waals surface area contributed by atoms with Crippen molar-refractivity contribution in [2.45, 2.75) is 45.4 Å². The van der Waals surface area contributed by atoms with Gasteiger partial charge in [-0.15, -0.1) is 0 Å². The zero-order chi connectivity index (χ0) is 11.9. The van der Waals surface area contributed by atoms with Gasteiger partial charge in [0.15, 0.2) is 0 Å². The minimum Gasteiger partial charge on any atom is -0.478 e. The summed E-state index contributed by atoms with van der Waals surface area (Å²) in [6.45, 7) is 6.29. The predicted molar refractivity (Wildman–Crippen MR) is 61.9 cm³/mol. The van der Waals surface area contributed by atoms with E-state index in [2.05, 4.69) is 18.8 Å². The second-order valence-electron chi connectivity index (χ2n) is 5.03. The average Bonchev–Trinajstić information content (AvgIpc) is 2.53. The molecule has 3 nitrogen and oxygen atoms in total. The van der Waals surface area contributed by atoms with E-state index >= 15 is 0 Å². The molecule has 1 aliphatic carbocycles. The maximum Gasteiger partial charge on any atom is 0.337 e. The molecule has 0 amide bonds. The van der Waals surface area contributed by atoms with Gasteiger partial charge in [-0.05, 0) is 30.9 Å². The van der Waals surface area contributed by atoms with Gasteiger partial charge in [0.1, 0.15) is 0 Å². The Morgan fingerprint density at radius 1 is 1.56 bits per heavy atom. The van der Waals surface area contributed by atoms with Crippen LogP contribution in [0.5, 0.6) is 0 Å². The van der Waals surface area contributed by atoms with Crippen molar-refractivity contribution in [1.29, 1.82) is 0 Å². The Balaban J connectivity index is 2.60. The zero-order valence-corrected chi connectivity index (χ0v) is 10.0. The van der Waals surface area contributed by atoms with E-state index in [1.165, 1.54) is 0 Å². The van der Waals surface area contributed by atoms with Gasteiger partial charge in [-0.25, -0.2) is 4.79 Å². The molecular formula is C13H17NO2. The molecule has 0 aliphatic heterocycles. The average molecular weight is 219 g/mol. The molecule has 3 heteroatoms. The highest BCUT2D eigenvalue weighted by molar-refractivity contribution is 5.89. The third kappa shape index (κ3) is 1.60. The highest BCUT2D eigenvalue weighted by Crippen LogP contribution is 2.37. The molecule has 1 aliphatic rings. The number of nitrogens with zero attached hydrogens (tertiary/aromatic N) is 1. The molecule has 16 heavy (non-hydrogen) atoms. The highest BCUT2D eigenvalue weighted by Gasteiger charge is 2.32. The van der Waals surface area contributed by atoms with Gasteiger partial charge < -0.3 is 5.11 Å².